The lowest BCUT2D eigenvalue weighted by Crippen LogP contribution is -2.28. The molecule has 1 atom stereocenters. The zero-order valence-electron chi connectivity index (χ0n) is 7.40. The third-order valence-electron chi connectivity index (χ3n) is 1.44. The van der Waals surface area contributed by atoms with E-state index in [-0.39, 0.29) is 6.61 Å². The van der Waals surface area contributed by atoms with Gasteiger partial charge in [-0.05, 0) is 20.8 Å². The number of rotatable bonds is 4. The third kappa shape index (κ3) is 2.81. The molecule has 4 nitrogen and oxygen atoms in total. The van der Waals surface area contributed by atoms with E-state index in [0.29, 0.717) is 0 Å². The smallest absolute Gasteiger partial charge is 0.324 e. The Kier molecular flexibility index (Phi) is 4.23. The molecule has 0 bridgehead atoms. The Morgan fingerprint density at radius 1 is 1.58 bits per heavy atom. The molecule has 0 aromatic heterocycles. The van der Waals surface area contributed by atoms with Gasteiger partial charge in [-0.1, -0.05) is 0 Å². The average molecular weight is 193 g/mol. The van der Waals surface area contributed by atoms with E-state index >= 15 is 0 Å². The largest absolute Gasteiger partial charge is 0.465 e. The van der Waals surface area contributed by atoms with Gasteiger partial charge in [0, 0.05) is 0 Å². The molecule has 0 N–H and O–H groups in total. The van der Waals surface area contributed by atoms with Crippen LogP contribution in [0.3, 0.4) is 0 Å². The highest BCUT2D eigenvalue weighted by Gasteiger charge is 2.27. The Bertz CT molecular complexity index is 242. The number of esters is 1. The molecule has 0 rings (SSSR count). The molecule has 0 saturated carbocycles. The number of carbonyl (C=O) groups excluding carboxylic acids is 1. The van der Waals surface area contributed by atoms with Crippen molar-refractivity contribution in [3.05, 3.63) is 5.75 Å². The van der Waals surface area contributed by atoms with Crippen molar-refractivity contribution in [1.29, 1.82) is 0 Å². The van der Waals surface area contributed by atoms with Gasteiger partial charge in [0.1, 0.15) is 0 Å². The number of sulfone groups is 1. The van der Waals surface area contributed by atoms with Crippen molar-refractivity contribution < 1.29 is 17.9 Å². The van der Waals surface area contributed by atoms with Crippen molar-refractivity contribution in [2.75, 3.05) is 6.61 Å². The summed E-state index contributed by atoms with van der Waals surface area (Å²) in [7, 11) is -3.42. The summed E-state index contributed by atoms with van der Waals surface area (Å²) < 4.78 is 26.7. The topological polar surface area (TPSA) is 60.4 Å². The number of carbonyl (C=O) groups is 1. The zero-order valence-corrected chi connectivity index (χ0v) is 8.22. The van der Waals surface area contributed by atoms with Gasteiger partial charge in [0.25, 0.3) is 0 Å². The Labute approximate surface area is 72.8 Å². The Hall–Kier alpha value is -0.580. The van der Waals surface area contributed by atoms with Gasteiger partial charge >= 0.3 is 5.97 Å². The fourth-order valence-corrected chi connectivity index (χ4v) is 1.34. The van der Waals surface area contributed by atoms with Crippen LogP contribution in [0.15, 0.2) is 0 Å². The summed E-state index contributed by atoms with van der Waals surface area (Å²) in [6.07, 6.45) is 0. The average Bonchev–Trinajstić information content (AvgIpc) is 2.03. The quantitative estimate of drug-likeness (QED) is 0.611. The first-order chi connectivity index (χ1) is 5.45. The molecule has 0 aromatic carbocycles. The summed E-state index contributed by atoms with van der Waals surface area (Å²) in [6.45, 7) is 4.52. The lowest BCUT2D eigenvalue weighted by molar-refractivity contribution is -0.142. The SMILES string of the molecule is C[CH]S(=O)(=O)C(C)C(=O)OCC. The summed E-state index contributed by atoms with van der Waals surface area (Å²) >= 11 is 0. The minimum atomic E-state index is -3.42. The van der Waals surface area contributed by atoms with Crippen LogP contribution in [0.5, 0.6) is 0 Å². The minimum Gasteiger partial charge on any atom is -0.465 e. The van der Waals surface area contributed by atoms with Crippen LogP contribution < -0.4 is 0 Å². The maximum absolute atomic E-state index is 11.1. The van der Waals surface area contributed by atoms with Gasteiger partial charge in [0.2, 0.25) is 0 Å². The van der Waals surface area contributed by atoms with Crippen LogP contribution in [0.25, 0.3) is 0 Å². The first-order valence-electron chi connectivity index (χ1n) is 3.65. The molecule has 1 unspecified atom stereocenters. The number of hydrogen-bond donors (Lipinski definition) is 0. The molecular formula is C7H13O4S. The highest BCUT2D eigenvalue weighted by molar-refractivity contribution is 7.94. The van der Waals surface area contributed by atoms with Crippen LogP contribution >= 0.6 is 0 Å². The lowest BCUT2D eigenvalue weighted by Gasteiger charge is -2.08. The van der Waals surface area contributed by atoms with Crippen LogP contribution in [-0.4, -0.2) is 26.2 Å². The standard InChI is InChI=1S/C7H13O4S/c1-4-11-7(8)6(3)12(9,10)5-2/h5-6H,4H2,1-3H3. The van der Waals surface area contributed by atoms with Crippen molar-refractivity contribution in [2.45, 2.75) is 26.0 Å². The summed E-state index contributed by atoms with van der Waals surface area (Å²) in [5.41, 5.74) is 0. The summed E-state index contributed by atoms with van der Waals surface area (Å²) in [6, 6.07) is 0. The molecular weight excluding hydrogens is 180 g/mol. The van der Waals surface area contributed by atoms with Crippen LogP contribution in [0.4, 0.5) is 0 Å². The second-order valence-electron chi connectivity index (χ2n) is 2.22. The monoisotopic (exact) mass is 193 g/mol. The molecule has 0 aliphatic heterocycles. The van der Waals surface area contributed by atoms with Gasteiger partial charge in [-0.15, -0.1) is 0 Å². The van der Waals surface area contributed by atoms with E-state index in [1.807, 2.05) is 0 Å². The van der Waals surface area contributed by atoms with Crippen LogP contribution in [0.2, 0.25) is 0 Å². The highest BCUT2D eigenvalue weighted by atomic mass is 32.2. The molecule has 12 heavy (non-hydrogen) atoms. The van der Waals surface area contributed by atoms with Crippen molar-refractivity contribution in [3.63, 3.8) is 0 Å². The molecule has 0 aromatic rings. The van der Waals surface area contributed by atoms with Crippen molar-refractivity contribution in [1.82, 2.24) is 0 Å². The first kappa shape index (κ1) is 11.4. The zero-order chi connectivity index (χ0) is 9.78. The molecule has 71 valence electrons. The van der Waals surface area contributed by atoms with Gasteiger partial charge in [-0.3, -0.25) is 4.79 Å². The summed E-state index contributed by atoms with van der Waals surface area (Å²) in [5, 5.41) is -1.09. The normalized spacial score (nSPS) is 13.9. The predicted octanol–water partition coefficient (Wildman–Crippen LogP) is 0.534. The fourth-order valence-electron chi connectivity index (χ4n) is 0.598. The fraction of sp³-hybridized carbons (Fsp3) is 0.714. The number of ether oxygens (including phenoxy) is 1. The van der Waals surface area contributed by atoms with Gasteiger partial charge in [0.05, 0.1) is 12.4 Å². The van der Waals surface area contributed by atoms with Gasteiger partial charge in [-0.25, -0.2) is 8.42 Å². The van der Waals surface area contributed by atoms with Crippen LogP contribution in [0, 0.1) is 5.75 Å². The predicted molar refractivity (Wildman–Crippen MR) is 45.0 cm³/mol. The maximum atomic E-state index is 11.1. The van der Waals surface area contributed by atoms with Gasteiger partial charge in [-0.2, -0.15) is 0 Å². The third-order valence-corrected chi connectivity index (χ3v) is 3.27. The molecule has 5 heteroatoms. The van der Waals surface area contributed by atoms with Crippen LogP contribution in [0.1, 0.15) is 20.8 Å². The van der Waals surface area contributed by atoms with Crippen molar-refractivity contribution in [2.24, 2.45) is 0 Å². The molecule has 0 aliphatic carbocycles. The van der Waals surface area contributed by atoms with E-state index in [4.69, 9.17) is 0 Å². The van der Waals surface area contributed by atoms with Gasteiger partial charge < -0.3 is 4.74 Å². The Morgan fingerprint density at radius 3 is 2.42 bits per heavy atom. The molecule has 1 radical (unpaired) electrons. The van der Waals surface area contributed by atoms with E-state index in [9.17, 15) is 13.2 Å². The highest BCUT2D eigenvalue weighted by Crippen LogP contribution is 2.06. The molecule has 0 spiro atoms. The van der Waals surface area contributed by atoms with E-state index in [2.05, 4.69) is 4.74 Å². The summed E-state index contributed by atoms with van der Waals surface area (Å²) in [4.78, 5) is 10.9. The lowest BCUT2D eigenvalue weighted by atomic mass is 10.5. The van der Waals surface area contributed by atoms with Crippen molar-refractivity contribution >= 4 is 15.8 Å². The second-order valence-corrected chi connectivity index (χ2v) is 4.58. The van der Waals surface area contributed by atoms with E-state index in [1.165, 1.54) is 13.8 Å². The summed E-state index contributed by atoms with van der Waals surface area (Å²) in [5.74, 6) is 0.310. The molecule has 0 amide bonds. The Morgan fingerprint density at radius 2 is 2.08 bits per heavy atom. The van der Waals surface area contributed by atoms with E-state index in [1.54, 1.807) is 6.92 Å². The van der Waals surface area contributed by atoms with Gasteiger partial charge in [0.15, 0.2) is 15.1 Å². The van der Waals surface area contributed by atoms with E-state index in [0.717, 1.165) is 5.75 Å². The molecule has 0 heterocycles. The Balaban J connectivity index is 4.39. The van der Waals surface area contributed by atoms with E-state index < -0.39 is 21.1 Å². The molecule has 0 fully saturated rings. The first-order valence-corrected chi connectivity index (χ1v) is 5.26. The minimum absolute atomic E-state index is 0.197. The molecule has 0 aliphatic rings. The molecule has 0 saturated heterocycles. The van der Waals surface area contributed by atoms with Crippen LogP contribution in [-0.2, 0) is 19.4 Å². The second kappa shape index (κ2) is 4.45. The number of hydrogen-bond acceptors (Lipinski definition) is 4. The van der Waals surface area contributed by atoms with Crippen molar-refractivity contribution in [3.8, 4) is 0 Å². The maximum Gasteiger partial charge on any atom is 0.324 e.